The molecular weight excluding hydrogens is 568 g/mol. The van der Waals surface area contributed by atoms with E-state index in [1.165, 1.54) is 18.7 Å². The van der Waals surface area contributed by atoms with Crippen LogP contribution in [0.5, 0.6) is 11.5 Å². The Kier molecular flexibility index (Phi) is 7.21. The highest BCUT2D eigenvalue weighted by Gasteiger charge is 2.28. The normalized spacial score (nSPS) is 13.7. The van der Waals surface area contributed by atoms with Gasteiger partial charge in [0.1, 0.15) is 0 Å². The minimum Gasteiger partial charge on any atom is -0.493 e. The number of methoxy groups -OCH3 is 2. The van der Waals surface area contributed by atoms with Gasteiger partial charge in [0.05, 0.1) is 20.8 Å². The third kappa shape index (κ3) is 4.80. The van der Waals surface area contributed by atoms with Crippen LogP contribution < -0.4 is 25.6 Å². The molecule has 11 nitrogen and oxygen atoms in total. The average molecular weight is 597 g/mol. The number of carbonyl (C=O) groups excluding carboxylic acids is 1. The number of fused-ring (bicyclic) bond motifs is 1. The van der Waals surface area contributed by atoms with Crippen molar-refractivity contribution in [2.75, 3.05) is 45.3 Å². The van der Waals surface area contributed by atoms with Crippen LogP contribution in [0.1, 0.15) is 15.9 Å². The molecule has 1 saturated heterocycles. The molecule has 1 aliphatic rings. The Labute approximate surface area is 232 Å². The molecule has 0 bridgehead atoms. The number of hydrogen-bond donors (Lipinski definition) is 0. The van der Waals surface area contributed by atoms with Gasteiger partial charge in [0.15, 0.2) is 22.7 Å². The number of carbonyl (C=O) groups is 1. The van der Waals surface area contributed by atoms with Gasteiger partial charge < -0.3 is 19.3 Å². The molecule has 0 aliphatic carbocycles. The summed E-state index contributed by atoms with van der Waals surface area (Å²) in [5, 5.41) is 0. The Morgan fingerprint density at radius 2 is 1.59 bits per heavy atom. The zero-order valence-electron chi connectivity index (χ0n) is 22.2. The van der Waals surface area contributed by atoms with E-state index in [1.54, 1.807) is 37.3 Å². The van der Waals surface area contributed by atoms with Crippen molar-refractivity contribution in [2.45, 2.75) is 6.54 Å². The lowest BCUT2D eigenvalue weighted by molar-refractivity contribution is 0.0745. The molecule has 204 valence electrons. The summed E-state index contributed by atoms with van der Waals surface area (Å²) in [6.07, 6.45) is 0. The molecule has 2 aromatic carbocycles. The van der Waals surface area contributed by atoms with Gasteiger partial charge >= 0.3 is 5.69 Å². The third-order valence-electron chi connectivity index (χ3n) is 7.06. The molecule has 0 radical (unpaired) electrons. The molecule has 12 heteroatoms. The smallest absolute Gasteiger partial charge is 0.332 e. The maximum Gasteiger partial charge on any atom is 0.332 e. The van der Waals surface area contributed by atoms with Crippen LogP contribution in [0.25, 0.3) is 11.2 Å². The van der Waals surface area contributed by atoms with E-state index in [2.05, 4.69) is 20.8 Å². The molecule has 0 unspecified atom stereocenters. The van der Waals surface area contributed by atoms with Crippen molar-refractivity contribution in [3.05, 3.63) is 78.9 Å². The lowest BCUT2D eigenvalue weighted by atomic mass is 10.1. The number of aryl methyl sites for hydroxylation is 1. The van der Waals surface area contributed by atoms with Gasteiger partial charge in [-0.15, -0.1) is 0 Å². The highest BCUT2D eigenvalue weighted by molar-refractivity contribution is 9.10. The summed E-state index contributed by atoms with van der Waals surface area (Å²) in [6.45, 7) is 2.35. The molecule has 1 aliphatic heterocycles. The maximum absolute atomic E-state index is 13.3. The molecule has 5 rings (SSSR count). The summed E-state index contributed by atoms with van der Waals surface area (Å²) in [7, 11) is 6.18. The van der Waals surface area contributed by atoms with Gasteiger partial charge in [-0.25, -0.2) is 4.79 Å². The fraction of sp³-hybridized carbons (Fsp3) is 0.333. The van der Waals surface area contributed by atoms with Crippen molar-refractivity contribution in [3.8, 4) is 11.5 Å². The molecular formula is C27H29BrN6O5. The first-order valence-corrected chi connectivity index (χ1v) is 13.2. The van der Waals surface area contributed by atoms with E-state index in [4.69, 9.17) is 14.5 Å². The summed E-state index contributed by atoms with van der Waals surface area (Å²) in [5.41, 5.74) is 1.36. The van der Waals surface area contributed by atoms with Crippen molar-refractivity contribution in [1.82, 2.24) is 23.6 Å². The quantitative estimate of drug-likeness (QED) is 0.336. The van der Waals surface area contributed by atoms with Gasteiger partial charge in [-0.1, -0.05) is 28.1 Å². The monoisotopic (exact) mass is 596 g/mol. The fourth-order valence-electron chi connectivity index (χ4n) is 4.86. The number of hydrogen-bond acceptors (Lipinski definition) is 7. The Hall–Kier alpha value is -4.06. The molecule has 4 aromatic rings. The molecule has 2 aromatic heterocycles. The Bertz CT molecular complexity index is 1670. The van der Waals surface area contributed by atoms with Crippen LogP contribution in [-0.4, -0.2) is 69.9 Å². The van der Waals surface area contributed by atoms with E-state index in [9.17, 15) is 14.4 Å². The standard InChI is InChI=1S/C27H29BrN6O5/c1-30-23-22(25(36)31(2)27(30)37)34(16-17-5-8-19(28)9-6-17)26(29-23)33-13-11-32(12-14-33)24(35)18-7-10-20(38-3)21(15-18)39-4/h5-10,15H,11-14,16H2,1-4H3. The number of rotatable bonds is 6. The van der Waals surface area contributed by atoms with Gasteiger partial charge in [-0.05, 0) is 35.9 Å². The number of amides is 1. The minimum atomic E-state index is -0.433. The maximum atomic E-state index is 13.3. The van der Waals surface area contributed by atoms with Crippen molar-refractivity contribution >= 4 is 38.9 Å². The molecule has 1 amide bonds. The molecule has 0 spiro atoms. The van der Waals surface area contributed by atoms with Gasteiger partial charge in [-0.2, -0.15) is 4.98 Å². The lowest BCUT2D eigenvalue weighted by Gasteiger charge is -2.35. The second-order valence-corrected chi connectivity index (χ2v) is 10.3. The van der Waals surface area contributed by atoms with Gasteiger partial charge in [0, 0.05) is 50.3 Å². The number of benzene rings is 2. The van der Waals surface area contributed by atoms with Crippen LogP contribution in [0.15, 0.2) is 56.5 Å². The number of anilines is 1. The van der Waals surface area contributed by atoms with Crippen LogP contribution in [0, 0.1) is 0 Å². The largest absolute Gasteiger partial charge is 0.493 e. The topological polar surface area (TPSA) is 104 Å². The molecule has 0 N–H and O–H groups in total. The minimum absolute atomic E-state index is 0.102. The summed E-state index contributed by atoms with van der Waals surface area (Å²) in [6, 6.07) is 13.0. The predicted molar refractivity (Wildman–Crippen MR) is 151 cm³/mol. The molecule has 3 heterocycles. The van der Waals surface area contributed by atoms with E-state index in [1.807, 2.05) is 28.8 Å². The van der Waals surface area contributed by atoms with Gasteiger partial charge in [0.25, 0.3) is 11.5 Å². The first kappa shape index (κ1) is 26.5. The summed E-state index contributed by atoms with van der Waals surface area (Å²) in [4.78, 5) is 47.8. The van der Waals surface area contributed by atoms with E-state index >= 15 is 0 Å². The summed E-state index contributed by atoms with van der Waals surface area (Å²) < 4.78 is 16.0. The number of ether oxygens (including phenoxy) is 2. The predicted octanol–water partition coefficient (Wildman–Crippen LogP) is 2.22. The van der Waals surface area contributed by atoms with E-state index in [0.717, 1.165) is 14.6 Å². The highest BCUT2D eigenvalue weighted by Crippen LogP contribution is 2.29. The second-order valence-electron chi connectivity index (χ2n) is 9.35. The van der Waals surface area contributed by atoms with Gasteiger partial charge in [0.2, 0.25) is 5.95 Å². The molecule has 39 heavy (non-hydrogen) atoms. The second kappa shape index (κ2) is 10.6. The van der Waals surface area contributed by atoms with Crippen molar-refractivity contribution in [1.29, 1.82) is 0 Å². The number of piperazine rings is 1. The van der Waals surface area contributed by atoms with Gasteiger partial charge in [-0.3, -0.25) is 23.3 Å². The SMILES string of the molecule is COc1ccc(C(=O)N2CCN(c3nc4c(c(=O)n(C)c(=O)n4C)n3Cc3ccc(Br)cc3)CC2)cc1OC. The highest BCUT2D eigenvalue weighted by atomic mass is 79.9. The first-order chi connectivity index (χ1) is 18.7. The van der Waals surface area contributed by atoms with Crippen molar-refractivity contribution in [2.24, 2.45) is 14.1 Å². The van der Waals surface area contributed by atoms with Crippen LogP contribution >= 0.6 is 15.9 Å². The summed E-state index contributed by atoms with van der Waals surface area (Å²) >= 11 is 3.46. The first-order valence-electron chi connectivity index (χ1n) is 12.4. The van der Waals surface area contributed by atoms with E-state index in [-0.39, 0.29) is 5.91 Å². The fourth-order valence-corrected chi connectivity index (χ4v) is 5.12. The van der Waals surface area contributed by atoms with Crippen molar-refractivity contribution in [3.63, 3.8) is 0 Å². The molecule has 0 atom stereocenters. The number of aromatic nitrogens is 4. The number of halogens is 1. The third-order valence-corrected chi connectivity index (χ3v) is 7.59. The molecule has 1 fully saturated rings. The zero-order valence-corrected chi connectivity index (χ0v) is 23.8. The Morgan fingerprint density at radius 1 is 0.923 bits per heavy atom. The zero-order chi connectivity index (χ0) is 27.8. The number of imidazole rings is 1. The molecule has 0 saturated carbocycles. The van der Waals surface area contributed by atoms with Crippen molar-refractivity contribution < 1.29 is 14.3 Å². The van der Waals surface area contributed by atoms with Crippen LogP contribution in [0.2, 0.25) is 0 Å². The number of nitrogens with zero attached hydrogens (tertiary/aromatic N) is 6. The van der Waals surface area contributed by atoms with Crippen LogP contribution in [0.3, 0.4) is 0 Å². The van der Waals surface area contributed by atoms with E-state index in [0.29, 0.717) is 66.9 Å². The Balaban J connectivity index is 1.47. The lowest BCUT2D eigenvalue weighted by Crippen LogP contribution is -2.49. The van der Waals surface area contributed by atoms with Crippen LogP contribution in [0.4, 0.5) is 5.95 Å². The van der Waals surface area contributed by atoms with Crippen LogP contribution in [-0.2, 0) is 20.6 Å². The van der Waals surface area contributed by atoms with E-state index < -0.39 is 11.2 Å². The Morgan fingerprint density at radius 3 is 2.23 bits per heavy atom. The average Bonchev–Trinajstić information content (AvgIpc) is 3.34. The summed E-state index contributed by atoms with van der Waals surface area (Å²) in [5.74, 6) is 1.54.